The minimum absolute atomic E-state index is 0.191. The van der Waals surface area contributed by atoms with Crippen molar-refractivity contribution in [3.63, 3.8) is 0 Å². The number of piperidine rings is 1. The van der Waals surface area contributed by atoms with E-state index in [9.17, 15) is 4.79 Å². The molecule has 3 heteroatoms. The van der Waals surface area contributed by atoms with Crippen molar-refractivity contribution in [2.24, 2.45) is 17.8 Å². The van der Waals surface area contributed by atoms with Gasteiger partial charge in [0.05, 0.1) is 5.92 Å². The Morgan fingerprint density at radius 1 is 1.28 bits per heavy atom. The molecule has 1 aliphatic carbocycles. The van der Waals surface area contributed by atoms with Crippen LogP contribution in [0.3, 0.4) is 0 Å². The molecule has 3 nitrogen and oxygen atoms in total. The Labute approximate surface area is 111 Å². The van der Waals surface area contributed by atoms with Crippen molar-refractivity contribution >= 4 is 5.91 Å². The van der Waals surface area contributed by atoms with Crippen LogP contribution in [0.5, 0.6) is 0 Å². The maximum absolute atomic E-state index is 12.3. The highest BCUT2D eigenvalue weighted by Crippen LogP contribution is 2.27. The van der Waals surface area contributed by atoms with Crippen LogP contribution in [0.15, 0.2) is 0 Å². The van der Waals surface area contributed by atoms with Crippen molar-refractivity contribution in [2.45, 2.75) is 58.4 Å². The zero-order valence-corrected chi connectivity index (χ0v) is 11.9. The number of rotatable bonds is 3. The third kappa shape index (κ3) is 3.71. The summed E-state index contributed by atoms with van der Waals surface area (Å²) < 4.78 is 0. The van der Waals surface area contributed by atoms with E-state index in [1.807, 2.05) is 0 Å². The summed E-state index contributed by atoms with van der Waals surface area (Å²) in [4.78, 5) is 12.3. The van der Waals surface area contributed by atoms with E-state index in [1.54, 1.807) is 0 Å². The predicted molar refractivity (Wildman–Crippen MR) is 74.3 cm³/mol. The standard InChI is InChI=1S/C15H28N2O/c1-3-12-5-4-6-14(8-12)17-15(18)13-7-11(2)9-16-10-13/h11-14,16H,3-10H2,1-2H3,(H,17,18). The van der Waals surface area contributed by atoms with Crippen molar-refractivity contribution in [3.8, 4) is 0 Å². The molecule has 0 aromatic carbocycles. The summed E-state index contributed by atoms with van der Waals surface area (Å²) in [6, 6.07) is 0.438. The molecule has 0 aromatic rings. The molecule has 0 spiro atoms. The van der Waals surface area contributed by atoms with Gasteiger partial charge in [-0.25, -0.2) is 0 Å². The number of nitrogens with one attached hydrogen (secondary N) is 2. The zero-order chi connectivity index (χ0) is 13.0. The normalized spacial score (nSPS) is 37.2. The Kier molecular flexibility index (Phi) is 5.04. The first-order valence-corrected chi connectivity index (χ1v) is 7.70. The number of carbonyl (C=O) groups is 1. The fraction of sp³-hybridized carbons (Fsp3) is 0.933. The summed E-state index contributed by atoms with van der Waals surface area (Å²) in [5, 5.41) is 6.66. The Morgan fingerprint density at radius 3 is 2.83 bits per heavy atom. The number of carbonyl (C=O) groups excluding carboxylic acids is 1. The molecule has 2 N–H and O–H groups in total. The highest BCUT2D eigenvalue weighted by atomic mass is 16.2. The van der Waals surface area contributed by atoms with E-state index in [-0.39, 0.29) is 11.8 Å². The fourth-order valence-electron chi connectivity index (χ4n) is 3.47. The lowest BCUT2D eigenvalue weighted by molar-refractivity contribution is -0.127. The van der Waals surface area contributed by atoms with Crippen LogP contribution >= 0.6 is 0 Å². The smallest absolute Gasteiger partial charge is 0.224 e. The molecular weight excluding hydrogens is 224 g/mol. The predicted octanol–water partition coefficient (Wildman–Crippen LogP) is 2.32. The molecule has 2 fully saturated rings. The lowest BCUT2D eigenvalue weighted by atomic mass is 9.83. The van der Waals surface area contributed by atoms with Crippen LogP contribution in [0.2, 0.25) is 0 Å². The quantitative estimate of drug-likeness (QED) is 0.809. The first-order valence-electron chi connectivity index (χ1n) is 7.70. The molecular formula is C15H28N2O. The molecule has 0 aromatic heterocycles. The van der Waals surface area contributed by atoms with E-state index in [1.165, 1.54) is 32.1 Å². The van der Waals surface area contributed by atoms with Crippen LogP contribution in [0, 0.1) is 17.8 Å². The maximum atomic E-state index is 12.3. The molecule has 4 unspecified atom stereocenters. The summed E-state index contributed by atoms with van der Waals surface area (Å²) in [6.45, 7) is 6.41. The van der Waals surface area contributed by atoms with Gasteiger partial charge in [0.1, 0.15) is 0 Å². The third-order valence-corrected chi connectivity index (χ3v) is 4.65. The largest absolute Gasteiger partial charge is 0.353 e. The van der Waals surface area contributed by atoms with Crippen molar-refractivity contribution in [1.82, 2.24) is 10.6 Å². The summed E-state index contributed by atoms with van der Waals surface area (Å²) in [7, 11) is 0. The Morgan fingerprint density at radius 2 is 2.11 bits per heavy atom. The first-order chi connectivity index (χ1) is 8.69. The molecule has 104 valence electrons. The lowest BCUT2D eigenvalue weighted by Gasteiger charge is -2.32. The van der Waals surface area contributed by atoms with Crippen molar-refractivity contribution in [1.29, 1.82) is 0 Å². The molecule has 1 saturated carbocycles. The van der Waals surface area contributed by atoms with Crippen LogP contribution in [-0.4, -0.2) is 25.0 Å². The maximum Gasteiger partial charge on any atom is 0.224 e. The van der Waals surface area contributed by atoms with Crippen LogP contribution in [0.1, 0.15) is 52.4 Å². The molecule has 0 bridgehead atoms. The minimum Gasteiger partial charge on any atom is -0.353 e. The van der Waals surface area contributed by atoms with E-state index in [4.69, 9.17) is 0 Å². The lowest BCUT2D eigenvalue weighted by Crippen LogP contribution is -2.47. The highest BCUT2D eigenvalue weighted by Gasteiger charge is 2.28. The van der Waals surface area contributed by atoms with Gasteiger partial charge < -0.3 is 10.6 Å². The second kappa shape index (κ2) is 6.55. The van der Waals surface area contributed by atoms with Crippen molar-refractivity contribution < 1.29 is 4.79 Å². The summed E-state index contributed by atoms with van der Waals surface area (Å²) >= 11 is 0. The van der Waals surface area contributed by atoms with Crippen LogP contribution in [0.4, 0.5) is 0 Å². The van der Waals surface area contributed by atoms with Gasteiger partial charge in [-0.3, -0.25) is 4.79 Å². The van der Waals surface area contributed by atoms with Crippen LogP contribution < -0.4 is 10.6 Å². The molecule has 0 radical (unpaired) electrons. The first kappa shape index (κ1) is 13.9. The second-order valence-corrected chi connectivity index (χ2v) is 6.34. The third-order valence-electron chi connectivity index (χ3n) is 4.65. The molecule has 4 atom stereocenters. The average molecular weight is 252 g/mol. The van der Waals surface area contributed by atoms with Crippen LogP contribution in [-0.2, 0) is 4.79 Å². The molecule has 1 aliphatic heterocycles. The van der Waals surface area contributed by atoms with E-state index in [2.05, 4.69) is 24.5 Å². The van der Waals surface area contributed by atoms with Gasteiger partial charge in [-0.05, 0) is 37.6 Å². The minimum atomic E-state index is 0.191. The zero-order valence-electron chi connectivity index (χ0n) is 11.9. The van der Waals surface area contributed by atoms with E-state index >= 15 is 0 Å². The molecule has 1 amide bonds. The summed E-state index contributed by atoms with van der Waals surface area (Å²) in [6.07, 6.45) is 7.31. The average Bonchev–Trinajstić information content (AvgIpc) is 2.39. The van der Waals surface area contributed by atoms with E-state index < -0.39 is 0 Å². The van der Waals surface area contributed by atoms with Gasteiger partial charge in [-0.15, -0.1) is 0 Å². The summed E-state index contributed by atoms with van der Waals surface area (Å²) in [5.74, 6) is 1.93. The van der Waals surface area contributed by atoms with Gasteiger partial charge in [-0.2, -0.15) is 0 Å². The summed E-state index contributed by atoms with van der Waals surface area (Å²) in [5.41, 5.74) is 0. The van der Waals surface area contributed by atoms with E-state index in [0.717, 1.165) is 25.4 Å². The molecule has 2 rings (SSSR count). The van der Waals surface area contributed by atoms with Crippen molar-refractivity contribution in [2.75, 3.05) is 13.1 Å². The van der Waals surface area contributed by atoms with Gasteiger partial charge in [0.15, 0.2) is 0 Å². The van der Waals surface area contributed by atoms with Crippen LogP contribution in [0.25, 0.3) is 0 Å². The Balaban J connectivity index is 1.79. The highest BCUT2D eigenvalue weighted by molar-refractivity contribution is 5.79. The van der Waals surface area contributed by atoms with Gasteiger partial charge in [-0.1, -0.05) is 33.1 Å². The van der Waals surface area contributed by atoms with Gasteiger partial charge in [0.25, 0.3) is 0 Å². The number of amides is 1. The Hall–Kier alpha value is -0.570. The van der Waals surface area contributed by atoms with Gasteiger partial charge in [0, 0.05) is 12.6 Å². The molecule has 1 saturated heterocycles. The van der Waals surface area contributed by atoms with Gasteiger partial charge in [0.2, 0.25) is 5.91 Å². The monoisotopic (exact) mass is 252 g/mol. The van der Waals surface area contributed by atoms with E-state index in [0.29, 0.717) is 12.0 Å². The fourth-order valence-corrected chi connectivity index (χ4v) is 3.47. The number of hydrogen-bond acceptors (Lipinski definition) is 2. The molecule has 18 heavy (non-hydrogen) atoms. The molecule has 2 aliphatic rings. The Bertz CT molecular complexity index is 280. The number of hydrogen-bond donors (Lipinski definition) is 2. The van der Waals surface area contributed by atoms with Gasteiger partial charge >= 0.3 is 0 Å². The molecule has 1 heterocycles. The SMILES string of the molecule is CCC1CCCC(NC(=O)C2CNCC(C)C2)C1. The second-order valence-electron chi connectivity index (χ2n) is 6.34. The van der Waals surface area contributed by atoms with Crippen molar-refractivity contribution in [3.05, 3.63) is 0 Å². The topological polar surface area (TPSA) is 41.1 Å².